The van der Waals surface area contributed by atoms with Crippen molar-refractivity contribution >= 4 is 18.0 Å². The highest BCUT2D eigenvalue weighted by Crippen LogP contribution is 2.45. The lowest BCUT2D eigenvalue weighted by atomic mass is 9.79. The van der Waals surface area contributed by atoms with Gasteiger partial charge in [-0.3, -0.25) is 9.59 Å². The summed E-state index contributed by atoms with van der Waals surface area (Å²) < 4.78 is 24.0. The minimum Gasteiger partial charge on any atom is -0.462 e. The topological polar surface area (TPSA) is 155 Å². The molecule has 3 aliphatic heterocycles. The van der Waals surface area contributed by atoms with Gasteiger partial charge in [0.15, 0.2) is 12.1 Å². The molecule has 11 nitrogen and oxygen atoms in total. The molecule has 0 aromatic carbocycles. The Kier molecular flexibility index (Phi) is 11.9. The van der Waals surface area contributed by atoms with Gasteiger partial charge in [0, 0.05) is 24.2 Å². The highest BCUT2D eigenvalue weighted by Gasteiger charge is 2.55. The van der Waals surface area contributed by atoms with Crippen molar-refractivity contribution in [2.24, 2.45) is 23.7 Å². The van der Waals surface area contributed by atoms with Crippen LogP contribution >= 0.6 is 0 Å². The number of carbonyl (C=O) groups excluding carboxylic acids is 3. The number of hydrogen-bond donors (Lipinski definition) is 3. The van der Waals surface area contributed by atoms with Gasteiger partial charge in [-0.2, -0.15) is 0 Å². The number of aliphatic hydroxyl groups excluding tert-OH is 3. The first-order valence-corrected chi connectivity index (χ1v) is 15.2. The van der Waals surface area contributed by atoms with Crippen molar-refractivity contribution in [1.82, 2.24) is 4.90 Å². The van der Waals surface area contributed by atoms with E-state index in [9.17, 15) is 29.7 Å². The minimum atomic E-state index is -1.25. The molecule has 11 heteroatoms. The van der Waals surface area contributed by atoms with Crippen LogP contribution in [0.5, 0.6) is 0 Å². The number of likely N-dealkylation sites (N-methyl/N-ethyl adjacent to an activating group) is 1. The average Bonchev–Trinajstić information content (AvgIpc) is 3.61. The fourth-order valence-corrected chi connectivity index (χ4v) is 6.58. The van der Waals surface area contributed by atoms with Gasteiger partial charge in [-0.05, 0) is 58.9 Å². The Morgan fingerprint density at radius 1 is 1.10 bits per heavy atom. The molecule has 3 N–H and O–H groups in total. The van der Waals surface area contributed by atoms with Crippen LogP contribution in [0, 0.1) is 23.7 Å². The maximum Gasteiger partial charge on any atom is 0.308 e. The maximum atomic E-state index is 13.2. The van der Waals surface area contributed by atoms with Crippen LogP contribution in [0.1, 0.15) is 67.2 Å². The zero-order valence-electron chi connectivity index (χ0n) is 26.2. The van der Waals surface area contributed by atoms with Crippen LogP contribution in [0.25, 0.3) is 0 Å². The quantitative estimate of drug-likeness (QED) is 0.232. The number of ether oxygens (including phenoxy) is 4. The third-order valence-corrected chi connectivity index (χ3v) is 9.42. The van der Waals surface area contributed by atoms with E-state index < -0.39 is 78.3 Å². The molecule has 3 rings (SSSR count). The van der Waals surface area contributed by atoms with Crippen LogP contribution in [0.15, 0.2) is 12.2 Å². The van der Waals surface area contributed by atoms with Crippen LogP contribution in [0.2, 0.25) is 0 Å². The third kappa shape index (κ3) is 7.85. The van der Waals surface area contributed by atoms with Crippen molar-refractivity contribution in [2.75, 3.05) is 14.1 Å². The summed E-state index contributed by atoms with van der Waals surface area (Å²) in [7, 11) is 3.46. The summed E-state index contributed by atoms with van der Waals surface area (Å²) in [6.07, 6.45) is -2.34. The fourth-order valence-electron chi connectivity index (χ4n) is 6.58. The van der Waals surface area contributed by atoms with Crippen LogP contribution in [0.4, 0.5) is 0 Å². The van der Waals surface area contributed by atoms with Gasteiger partial charge >= 0.3 is 5.97 Å². The molecule has 240 valence electrons. The van der Waals surface area contributed by atoms with Gasteiger partial charge in [-0.25, -0.2) is 0 Å². The van der Waals surface area contributed by atoms with E-state index in [4.69, 9.17) is 18.9 Å². The predicted octanol–water partition coefficient (Wildman–Crippen LogP) is 1.64. The zero-order valence-corrected chi connectivity index (χ0v) is 26.2. The summed E-state index contributed by atoms with van der Waals surface area (Å²) in [6.45, 7) is 10.9. The summed E-state index contributed by atoms with van der Waals surface area (Å²) in [6, 6.07) is -0.696. The molecule has 0 radical (unpaired) electrons. The summed E-state index contributed by atoms with van der Waals surface area (Å²) in [4.78, 5) is 39.8. The van der Waals surface area contributed by atoms with Crippen LogP contribution in [0.3, 0.4) is 0 Å². The Morgan fingerprint density at radius 2 is 1.76 bits per heavy atom. The molecule has 0 amide bonds. The molecule has 0 aliphatic carbocycles. The van der Waals surface area contributed by atoms with Crippen molar-refractivity contribution in [3.05, 3.63) is 12.2 Å². The molecule has 3 aliphatic rings. The molecule has 0 bridgehead atoms. The Bertz CT molecular complexity index is 973. The Morgan fingerprint density at radius 3 is 2.36 bits per heavy atom. The number of aldehydes is 1. The third-order valence-electron chi connectivity index (χ3n) is 9.42. The van der Waals surface area contributed by atoms with E-state index >= 15 is 0 Å². The predicted molar refractivity (Wildman–Crippen MR) is 153 cm³/mol. The van der Waals surface area contributed by atoms with E-state index in [2.05, 4.69) is 0 Å². The van der Waals surface area contributed by atoms with E-state index in [0.29, 0.717) is 6.42 Å². The number of carbonyl (C=O) groups is 3. The van der Waals surface area contributed by atoms with Gasteiger partial charge in [0.2, 0.25) is 0 Å². The second kappa shape index (κ2) is 14.4. The van der Waals surface area contributed by atoms with Crippen molar-refractivity contribution in [3.63, 3.8) is 0 Å². The smallest absolute Gasteiger partial charge is 0.308 e. The number of ketones is 1. The number of aliphatic hydroxyl groups is 3. The van der Waals surface area contributed by atoms with Crippen molar-refractivity contribution in [2.45, 2.75) is 128 Å². The first-order chi connectivity index (χ1) is 19.6. The minimum absolute atomic E-state index is 0.0178. The lowest BCUT2D eigenvalue weighted by Crippen LogP contribution is -2.63. The fraction of sp³-hybridized carbons (Fsp3) is 0.839. The van der Waals surface area contributed by atoms with Crippen molar-refractivity contribution in [1.29, 1.82) is 0 Å². The number of cyclic esters (lactones) is 1. The van der Waals surface area contributed by atoms with Crippen LogP contribution in [-0.4, -0.2) is 113 Å². The summed E-state index contributed by atoms with van der Waals surface area (Å²) >= 11 is 0. The largest absolute Gasteiger partial charge is 0.462 e. The highest BCUT2D eigenvalue weighted by molar-refractivity contribution is 5.91. The molecule has 0 saturated carbocycles. The number of nitrogens with zero attached hydrogens (tertiary/aromatic N) is 1. The molecule has 0 spiro atoms. The van der Waals surface area contributed by atoms with Crippen LogP contribution < -0.4 is 0 Å². The van der Waals surface area contributed by atoms with E-state index in [1.165, 1.54) is 6.08 Å². The Hall–Kier alpha value is -1.73. The summed E-state index contributed by atoms with van der Waals surface area (Å²) in [5.74, 6) is -2.59. The number of epoxide rings is 1. The molecule has 42 heavy (non-hydrogen) atoms. The normalized spacial score (nSPS) is 46.5. The molecular formula is C31H51NO10. The van der Waals surface area contributed by atoms with E-state index in [0.717, 1.165) is 6.29 Å². The molecular weight excluding hydrogens is 546 g/mol. The van der Waals surface area contributed by atoms with Crippen molar-refractivity contribution in [3.8, 4) is 0 Å². The monoisotopic (exact) mass is 597 g/mol. The molecule has 2 saturated heterocycles. The molecule has 5 unspecified atom stereocenters. The van der Waals surface area contributed by atoms with Crippen molar-refractivity contribution < 1.29 is 48.7 Å². The van der Waals surface area contributed by atoms with E-state index in [-0.39, 0.29) is 37.1 Å². The molecule has 14 atom stereocenters. The summed E-state index contributed by atoms with van der Waals surface area (Å²) in [5.41, 5.74) is -0.660. The van der Waals surface area contributed by atoms with E-state index in [1.807, 2.05) is 20.8 Å². The zero-order chi connectivity index (χ0) is 31.5. The van der Waals surface area contributed by atoms with Gasteiger partial charge in [-0.1, -0.05) is 27.7 Å². The number of rotatable bonds is 6. The Balaban J connectivity index is 1.97. The molecule has 0 aromatic heterocycles. The number of allylic oxidation sites excluding steroid dienone is 1. The molecule has 3 heterocycles. The average molecular weight is 598 g/mol. The number of esters is 1. The van der Waals surface area contributed by atoms with Gasteiger partial charge in [0.1, 0.15) is 24.1 Å². The summed E-state index contributed by atoms with van der Waals surface area (Å²) in [5, 5.41) is 33.1. The van der Waals surface area contributed by atoms with Crippen LogP contribution in [-0.2, 0) is 33.3 Å². The second-order valence-electron chi connectivity index (χ2n) is 12.9. The van der Waals surface area contributed by atoms with Gasteiger partial charge in [-0.15, -0.1) is 0 Å². The molecule has 2 fully saturated rings. The number of fused-ring (bicyclic) bond motifs is 1. The van der Waals surface area contributed by atoms with Gasteiger partial charge in [0.25, 0.3) is 0 Å². The Labute approximate surface area is 249 Å². The lowest BCUT2D eigenvalue weighted by Gasteiger charge is -2.46. The second-order valence-corrected chi connectivity index (χ2v) is 12.9. The maximum absolute atomic E-state index is 13.2. The first kappa shape index (κ1) is 34.8. The number of hydrogen-bond acceptors (Lipinski definition) is 11. The highest BCUT2D eigenvalue weighted by atomic mass is 16.7. The lowest BCUT2D eigenvalue weighted by molar-refractivity contribution is -0.304. The first-order valence-electron chi connectivity index (χ1n) is 15.2. The SMILES string of the molecule is CC[C@H]1OC(=O)C[C@@H](O)[C@@H](C)[C@H](OC2OC(C)C(O)C(N(C)C)C2O)[C@H](CC=O)C[C@@H](C)C(=O)/C=C/[C@@]2(C)O[C@@H]2[C@H]1C. The standard InChI is InChI=1S/C31H51NO10/c1-9-23-18(4)29-31(6,42-29)12-10-21(34)16(2)14-20(11-13-33)28(17(3)22(35)15-24(36)40-23)41-30-27(38)25(32(7)8)26(37)19(5)39-30/h10,12-13,16-20,22-23,25-30,35,37-38H,9,11,14-15H2,1-8H3/b12-10+/t16-,17-,18+,19?,20-,22-,23-,25?,26?,27?,28+,29-,30?,31-/m1/s1. The molecule has 0 aromatic rings. The van der Waals surface area contributed by atoms with Gasteiger partial charge in [0.05, 0.1) is 43.0 Å². The van der Waals surface area contributed by atoms with Gasteiger partial charge < -0.3 is 44.0 Å². The van der Waals surface area contributed by atoms with E-state index in [1.54, 1.807) is 45.8 Å².